The third kappa shape index (κ3) is 5.18. The van der Waals surface area contributed by atoms with Gasteiger partial charge in [-0.1, -0.05) is 6.07 Å². The first-order valence-corrected chi connectivity index (χ1v) is 8.89. The molecule has 0 amide bonds. The predicted octanol–water partition coefficient (Wildman–Crippen LogP) is 2.88. The second-order valence-electron chi connectivity index (χ2n) is 5.23. The Balaban J connectivity index is 2.07. The van der Waals surface area contributed by atoms with Crippen molar-refractivity contribution in [3.63, 3.8) is 0 Å². The standard InChI is InChI=1S/C17H18FNO5S/c1-12-3-8-15(18)16(11-12)19-25(21,22)14-6-4-13(5-7-14)24-10-9-17(20)23-2/h3-8,11,19H,9-10H2,1-2H3. The minimum Gasteiger partial charge on any atom is -0.493 e. The molecule has 0 unspecified atom stereocenters. The van der Waals surface area contributed by atoms with Crippen molar-refractivity contribution in [3.05, 3.63) is 53.8 Å². The molecule has 2 rings (SSSR count). The van der Waals surface area contributed by atoms with E-state index in [9.17, 15) is 17.6 Å². The molecule has 0 aliphatic carbocycles. The summed E-state index contributed by atoms with van der Waals surface area (Å²) >= 11 is 0. The highest BCUT2D eigenvalue weighted by atomic mass is 32.2. The van der Waals surface area contributed by atoms with Crippen LogP contribution in [0.2, 0.25) is 0 Å². The first-order chi connectivity index (χ1) is 11.8. The Bertz CT molecular complexity index is 850. The van der Waals surface area contributed by atoms with Crippen LogP contribution in [0, 0.1) is 12.7 Å². The number of carbonyl (C=O) groups is 1. The van der Waals surface area contributed by atoms with Gasteiger partial charge in [0.25, 0.3) is 10.0 Å². The van der Waals surface area contributed by atoms with E-state index in [0.717, 1.165) is 5.56 Å². The van der Waals surface area contributed by atoms with E-state index in [1.54, 1.807) is 13.0 Å². The number of methoxy groups -OCH3 is 1. The van der Waals surface area contributed by atoms with Crippen molar-refractivity contribution in [2.24, 2.45) is 0 Å². The Hall–Kier alpha value is -2.61. The first-order valence-electron chi connectivity index (χ1n) is 7.40. The summed E-state index contributed by atoms with van der Waals surface area (Å²) in [5.41, 5.74) is 0.617. The number of esters is 1. The number of carbonyl (C=O) groups excluding carboxylic acids is 1. The van der Waals surface area contributed by atoms with Gasteiger partial charge in [0.05, 0.1) is 30.7 Å². The van der Waals surface area contributed by atoms with Gasteiger partial charge in [-0.05, 0) is 48.9 Å². The molecule has 0 spiro atoms. The third-order valence-electron chi connectivity index (χ3n) is 3.30. The lowest BCUT2D eigenvalue weighted by Gasteiger charge is -2.11. The van der Waals surface area contributed by atoms with E-state index in [0.29, 0.717) is 5.75 Å². The van der Waals surface area contributed by atoms with Gasteiger partial charge in [-0.25, -0.2) is 12.8 Å². The summed E-state index contributed by atoms with van der Waals surface area (Å²) in [6.07, 6.45) is 0.0880. The Kier molecular flexibility index (Phi) is 5.97. The SMILES string of the molecule is COC(=O)CCOc1ccc(S(=O)(=O)Nc2cc(C)ccc2F)cc1. The molecule has 2 aromatic carbocycles. The summed E-state index contributed by atoms with van der Waals surface area (Å²) in [5, 5.41) is 0. The highest BCUT2D eigenvalue weighted by Gasteiger charge is 2.16. The van der Waals surface area contributed by atoms with Gasteiger partial charge < -0.3 is 9.47 Å². The molecule has 0 aliphatic rings. The van der Waals surface area contributed by atoms with E-state index in [1.807, 2.05) is 0 Å². The topological polar surface area (TPSA) is 81.7 Å². The number of nitrogens with one attached hydrogen (secondary N) is 1. The summed E-state index contributed by atoms with van der Waals surface area (Å²) in [5.74, 6) is -0.648. The van der Waals surface area contributed by atoms with Crippen LogP contribution in [0.1, 0.15) is 12.0 Å². The highest BCUT2D eigenvalue weighted by molar-refractivity contribution is 7.92. The fourth-order valence-corrected chi connectivity index (χ4v) is 3.05. The molecule has 2 aromatic rings. The maximum Gasteiger partial charge on any atom is 0.308 e. The minimum atomic E-state index is -3.93. The number of rotatable bonds is 7. The third-order valence-corrected chi connectivity index (χ3v) is 4.68. The normalized spacial score (nSPS) is 11.0. The Morgan fingerprint density at radius 3 is 2.48 bits per heavy atom. The van der Waals surface area contributed by atoms with Crippen molar-refractivity contribution in [3.8, 4) is 5.75 Å². The molecule has 1 N–H and O–H groups in total. The number of hydrogen-bond donors (Lipinski definition) is 1. The van der Waals surface area contributed by atoms with Crippen LogP contribution in [0.3, 0.4) is 0 Å². The van der Waals surface area contributed by atoms with Crippen LogP contribution >= 0.6 is 0 Å². The van der Waals surface area contributed by atoms with Crippen LogP contribution in [0.25, 0.3) is 0 Å². The van der Waals surface area contributed by atoms with Gasteiger partial charge in [0, 0.05) is 0 Å². The number of hydrogen-bond acceptors (Lipinski definition) is 5. The van der Waals surface area contributed by atoms with Gasteiger partial charge in [0.15, 0.2) is 0 Å². The summed E-state index contributed by atoms with van der Waals surface area (Å²) in [7, 11) is -2.64. The summed E-state index contributed by atoms with van der Waals surface area (Å²) < 4.78 is 50.4. The molecule has 25 heavy (non-hydrogen) atoms. The fourth-order valence-electron chi connectivity index (χ4n) is 1.99. The van der Waals surface area contributed by atoms with Crippen molar-refractivity contribution in [2.45, 2.75) is 18.2 Å². The maximum absolute atomic E-state index is 13.7. The lowest BCUT2D eigenvalue weighted by Crippen LogP contribution is -2.14. The van der Waals surface area contributed by atoms with Crippen molar-refractivity contribution in [1.29, 1.82) is 0 Å². The predicted molar refractivity (Wildman–Crippen MR) is 90.5 cm³/mol. The van der Waals surface area contributed by atoms with Gasteiger partial charge in [-0.3, -0.25) is 9.52 Å². The average molecular weight is 367 g/mol. The summed E-state index contributed by atoms with van der Waals surface area (Å²) in [6.45, 7) is 1.85. The van der Waals surface area contributed by atoms with Crippen LogP contribution in [0.5, 0.6) is 5.75 Å². The van der Waals surface area contributed by atoms with Crippen molar-refractivity contribution >= 4 is 21.7 Å². The zero-order valence-electron chi connectivity index (χ0n) is 13.8. The monoisotopic (exact) mass is 367 g/mol. The van der Waals surface area contributed by atoms with Gasteiger partial charge in [-0.2, -0.15) is 0 Å². The second kappa shape index (κ2) is 7.98. The Morgan fingerprint density at radius 2 is 1.84 bits per heavy atom. The molecule has 0 heterocycles. The van der Waals surface area contributed by atoms with Gasteiger partial charge in [-0.15, -0.1) is 0 Å². The molecule has 134 valence electrons. The van der Waals surface area contributed by atoms with Crippen molar-refractivity contribution in [1.82, 2.24) is 0 Å². The number of anilines is 1. The van der Waals surface area contributed by atoms with E-state index in [-0.39, 0.29) is 23.6 Å². The highest BCUT2D eigenvalue weighted by Crippen LogP contribution is 2.22. The van der Waals surface area contributed by atoms with Gasteiger partial charge in [0.2, 0.25) is 0 Å². The molecular formula is C17H18FNO5S. The quantitative estimate of drug-likeness (QED) is 0.761. The summed E-state index contributed by atoms with van der Waals surface area (Å²) in [6, 6.07) is 9.75. The zero-order chi connectivity index (χ0) is 18.4. The molecule has 0 aromatic heterocycles. The van der Waals surface area contributed by atoms with E-state index in [4.69, 9.17) is 4.74 Å². The van der Waals surface area contributed by atoms with E-state index in [1.165, 1.54) is 43.5 Å². The number of halogens is 1. The molecular weight excluding hydrogens is 349 g/mol. The van der Waals surface area contributed by atoms with Crippen LogP contribution in [0.4, 0.5) is 10.1 Å². The van der Waals surface area contributed by atoms with E-state index >= 15 is 0 Å². The van der Waals surface area contributed by atoms with Crippen LogP contribution in [-0.2, 0) is 19.6 Å². The molecule has 0 saturated heterocycles. The number of aryl methyl sites for hydroxylation is 1. The fraction of sp³-hybridized carbons (Fsp3) is 0.235. The molecule has 6 nitrogen and oxygen atoms in total. The number of sulfonamides is 1. The Morgan fingerprint density at radius 1 is 1.16 bits per heavy atom. The van der Waals surface area contributed by atoms with Crippen molar-refractivity contribution in [2.75, 3.05) is 18.4 Å². The van der Waals surface area contributed by atoms with Gasteiger partial charge in [0.1, 0.15) is 11.6 Å². The number of ether oxygens (including phenoxy) is 2. The largest absolute Gasteiger partial charge is 0.493 e. The van der Waals surface area contributed by atoms with Crippen molar-refractivity contribution < 1.29 is 27.1 Å². The zero-order valence-corrected chi connectivity index (χ0v) is 14.6. The van der Waals surface area contributed by atoms with Gasteiger partial charge >= 0.3 is 5.97 Å². The van der Waals surface area contributed by atoms with E-state index < -0.39 is 21.8 Å². The molecule has 0 radical (unpaired) electrons. The first kappa shape index (κ1) is 18.7. The number of benzene rings is 2. The molecule has 0 aliphatic heterocycles. The summed E-state index contributed by atoms with van der Waals surface area (Å²) in [4.78, 5) is 11.0. The maximum atomic E-state index is 13.7. The Labute approximate surface area is 145 Å². The second-order valence-corrected chi connectivity index (χ2v) is 6.92. The minimum absolute atomic E-state index is 0.0336. The molecule has 8 heteroatoms. The smallest absolute Gasteiger partial charge is 0.308 e. The lowest BCUT2D eigenvalue weighted by atomic mass is 10.2. The van der Waals surface area contributed by atoms with E-state index in [2.05, 4.69) is 9.46 Å². The molecule has 0 atom stereocenters. The lowest BCUT2D eigenvalue weighted by molar-refractivity contribution is -0.141. The van der Waals surface area contributed by atoms with Crippen LogP contribution < -0.4 is 9.46 Å². The van der Waals surface area contributed by atoms with Crippen LogP contribution in [-0.4, -0.2) is 28.1 Å². The average Bonchev–Trinajstić information content (AvgIpc) is 2.58. The van der Waals surface area contributed by atoms with Crippen LogP contribution in [0.15, 0.2) is 47.4 Å². The molecule has 0 saturated carbocycles. The molecule has 0 fully saturated rings. The molecule has 0 bridgehead atoms.